The summed E-state index contributed by atoms with van der Waals surface area (Å²) in [6, 6.07) is 27.4. The van der Waals surface area contributed by atoms with Gasteiger partial charge in [0, 0.05) is 27.2 Å². The standard InChI is InChI=1S/C24H16Cl2N4O/c25-19-11-12-21-17(14-19)13-18(22(26)27-21)15-30(20-9-5-2-6-10-20)24-29-28-23(31-24)16-7-3-1-4-8-16/h1-14H,15H2. The Morgan fingerprint density at radius 2 is 1.55 bits per heavy atom. The first-order chi connectivity index (χ1) is 15.2. The van der Waals surface area contributed by atoms with Crippen LogP contribution < -0.4 is 4.90 Å². The van der Waals surface area contributed by atoms with Crippen LogP contribution in [0.4, 0.5) is 11.7 Å². The van der Waals surface area contributed by atoms with E-state index in [-0.39, 0.29) is 0 Å². The van der Waals surface area contributed by atoms with Gasteiger partial charge in [0.15, 0.2) is 0 Å². The van der Waals surface area contributed by atoms with Crippen molar-refractivity contribution >= 4 is 45.8 Å². The summed E-state index contributed by atoms with van der Waals surface area (Å²) in [5.41, 5.74) is 3.36. The van der Waals surface area contributed by atoms with Crippen molar-refractivity contribution in [2.24, 2.45) is 0 Å². The molecule has 31 heavy (non-hydrogen) atoms. The van der Waals surface area contributed by atoms with E-state index in [0.717, 1.165) is 27.7 Å². The van der Waals surface area contributed by atoms with Crippen molar-refractivity contribution in [3.8, 4) is 11.5 Å². The molecule has 0 aliphatic carbocycles. The molecular weight excluding hydrogens is 431 g/mol. The number of benzene rings is 3. The fraction of sp³-hybridized carbons (Fsp3) is 0.0417. The van der Waals surface area contributed by atoms with Gasteiger partial charge < -0.3 is 4.42 Å². The first-order valence-corrected chi connectivity index (χ1v) is 10.4. The van der Waals surface area contributed by atoms with E-state index >= 15 is 0 Å². The van der Waals surface area contributed by atoms with Crippen molar-refractivity contribution < 1.29 is 4.42 Å². The van der Waals surface area contributed by atoms with Gasteiger partial charge in [-0.1, -0.05) is 64.7 Å². The van der Waals surface area contributed by atoms with Gasteiger partial charge in [0.1, 0.15) is 5.15 Å². The summed E-state index contributed by atoms with van der Waals surface area (Å²) in [7, 11) is 0. The first-order valence-electron chi connectivity index (χ1n) is 9.63. The van der Waals surface area contributed by atoms with E-state index in [0.29, 0.717) is 28.6 Å². The Kier molecular flexibility index (Phi) is 5.28. The third-order valence-electron chi connectivity index (χ3n) is 4.87. The molecule has 5 aromatic rings. The topological polar surface area (TPSA) is 55.1 Å². The van der Waals surface area contributed by atoms with Crippen molar-refractivity contribution in [1.29, 1.82) is 0 Å². The van der Waals surface area contributed by atoms with Gasteiger partial charge in [-0.05, 0) is 48.5 Å². The molecule has 152 valence electrons. The Labute approximate surface area is 188 Å². The van der Waals surface area contributed by atoms with Crippen molar-refractivity contribution in [1.82, 2.24) is 15.2 Å². The van der Waals surface area contributed by atoms with Crippen molar-refractivity contribution in [3.63, 3.8) is 0 Å². The Morgan fingerprint density at radius 1 is 0.806 bits per heavy atom. The normalized spacial score (nSPS) is 11.0. The monoisotopic (exact) mass is 446 g/mol. The minimum atomic E-state index is 0.368. The minimum Gasteiger partial charge on any atom is -0.403 e. The maximum atomic E-state index is 6.53. The average molecular weight is 447 g/mol. The van der Waals surface area contributed by atoms with E-state index in [9.17, 15) is 0 Å². The Balaban J connectivity index is 1.56. The number of halogens is 2. The molecular formula is C24H16Cl2N4O. The lowest BCUT2D eigenvalue weighted by molar-refractivity contribution is 0.562. The largest absolute Gasteiger partial charge is 0.403 e. The van der Waals surface area contributed by atoms with Gasteiger partial charge in [0.2, 0.25) is 5.89 Å². The highest BCUT2D eigenvalue weighted by molar-refractivity contribution is 6.32. The molecule has 0 N–H and O–H groups in total. The highest BCUT2D eigenvalue weighted by Crippen LogP contribution is 2.31. The summed E-state index contributed by atoms with van der Waals surface area (Å²) in [6.45, 7) is 0.398. The molecule has 2 heterocycles. The number of aromatic nitrogens is 3. The van der Waals surface area contributed by atoms with E-state index in [4.69, 9.17) is 27.6 Å². The van der Waals surface area contributed by atoms with Crippen molar-refractivity contribution in [2.75, 3.05) is 4.90 Å². The minimum absolute atomic E-state index is 0.368. The van der Waals surface area contributed by atoms with Crippen LogP contribution in [-0.4, -0.2) is 15.2 Å². The van der Waals surface area contributed by atoms with E-state index in [1.165, 1.54) is 0 Å². The predicted molar refractivity (Wildman–Crippen MR) is 124 cm³/mol. The quantitative estimate of drug-likeness (QED) is 0.274. The van der Waals surface area contributed by atoms with Crippen LogP contribution in [0.1, 0.15) is 5.56 Å². The third-order valence-corrected chi connectivity index (χ3v) is 5.43. The maximum absolute atomic E-state index is 6.53. The number of pyridine rings is 1. The van der Waals surface area contributed by atoms with Crippen LogP contribution in [0.3, 0.4) is 0 Å². The summed E-state index contributed by atoms with van der Waals surface area (Å²) in [6.07, 6.45) is 0. The molecule has 3 aromatic carbocycles. The molecule has 5 nitrogen and oxygen atoms in total. The molecule has 0 aliphatic rings. The Hall–Kier alpha value is -3.41. The molecule has 0 aliphatic heterocycles. The van der Waals surface area contributed by atoms with Gasteiger partial charge in [-0.3, -0.25) is 4.90 Å². The lowest BCUT2D eigenvalue weighted by Gasteiger charge is -2.21. The SMILES string of the molecule is Clc1ccc2nc(Cl)c(CN(c3ccccc3)c3nnc(-c4ccccc4)o3)cc2c1. The zero-order valence-corrected chi connectivity index (χ0v) is 17.8. The van der Waals surface area contributed by atoms with Crippen LogP contribution in [0.5, 0.6) is 0 Å². The molecule has 0 fully saturated rings. The zero-order valence-electron chi connectivity index (χ0n) is 16.2. The highest BCUT2D eigenvalue weighted by Gasteiger charge is 2.20. The van der Waals surface area contributed by atoms with Gasteiger partial charge in [-0.15, -0.1) is 5.10 Å². The first kappa shape index (κ1) is 19.5. The Bertz CT molecular complexity index is 1340. The molecule has 2 aromatic heterocycles. The van der Waals surface area contributed by atoms with Crippen LogP contribution in [0.25, 0.3) is 22.4 Å². The number of rotatable bonds is 5. The van der Waals surface area contributed by atoms with E-state index in [1.807, 2.05) is 83.8 Å². The third kappa shape index (κ3) is 4.10. The van der Waals surface area contributed by atoms with Gasteiger partial charge in [-0.25, -0.2) is 4.98 Å². The second-order valence-corrected chi connectivity index (χ2v) is 7.75. The lowest BCUT2D eigenvalue weighted by Crippen LogP contribution is -2.17. The zero-order chi connectivity index (χ0) is 21.2. The van der Waals surface area contributed by atoms with E-state index in [2.05, 4.69) is 15.2 Å². The summed E-state index contributed by atoms with van der Waals surface area (Å²) < 4.78 is 6.02. The van der Waals surface area contributed by atoms with E-state index in [1.54, 1.807) is 6.07 Å². The molecule has 0 unspecified atom stereocenters. The molecule has 5 rings (SSSR count). The summed E-state index contributed by atoms with van der Waals surface area (Å²) in [5, 5.41) is 10.5. The number of hydrogen-bond donors (Lipinski definition) is 0. The maximum Gasteiger partial charge on any atom is 0.323 e. The van der Waals surface area contributed by atoms with Gasteiger partial charge in [0.25, 0.3) is 0 Å². The van der Waals surface area contributed by atoms with Crippen LogP contribution in [-0.2, 0) is 6.54 Å². The summed E-state index contributed by atoms with van der Waals surface area (Å²) in [4.78, 5) is 6.44. The number of fused-ring (bicyclic) bond motifs is 1. The van der Waals surface area contributed by atoms with Gasteiger partial charge in [-0.2, -0.15) is 0 Å². The number of para-hydroxylation sites is 1. The van der Waals surface area contributed by atoms with Gasteiger partial charge >= 0.3 is 6.01 Å². The molecule has 0 saturated heterocycles. The van der Waals surface area contributed by atoms with E-state index < -0.39 is 0 Å². The Morgan fingerprint density at radius 3 is 2.32 bits per heavy atom. The van der Waals surface area contributed by atoms with Crippen molar-refractivity contribution in [3.05, 3.63) is 101 Å². The molecule has 0 amide bonds. The molecule has 0 bridgehead atoms. The number of hydrogen-bond acceptors (Lipinski definition) is 5. The van der Waals surface area contributed by atoms with Crippen molar-refractivity contribution in [2.45, 2.75) is 6.54 Å². The second kappa shape index (κ2) is 8.38. The number of nitrogens with zero attached hydrogens (tertiary/aromatic N) is 4. The van der Waals surface area contributed by atoms with Gasteiger partial charge in [0.05, 0.1) is 12.1 Å². The average Bonchev–Trinajstić information content (AvgIpc) is 3.29. The summed E-state index contributed by atoms with van der Waals surface area (Å²) in [5.74, 6) is 0.450. The number of anilines is 2. The summed E-state index contributed by atoms with van der Waals surface area (Å²) >= 11 is 12.7. The van der Waals surface area contributed by atoms with Crippen LogP contribution in [0.2, 0.25) is 10.2 Å². The van der Waals surface area contributed by atoms with Crippen LogP contribution in [0.15, 0.2) is 89.3 Å². The predicted octanol–water partition coefficient (Wildman–Crippen LogP) is 6.93. The fourth-order valence-electron chi connectivity index (χ4n) is 3.35. The molecule has 0 saturated carbocycles. The molecule has 0 spiro atoms. The molecule has 0 atom stereocenters. The highest BCUT2D eigenvalue weighted by atomic mass is 35.5. The lowest BCUT2D eigenvalue weighted by atomic mass is 10.1. The smallest absolute Gasteiger partial charge is 0.323 e. The van der Waals surface area contributed by atoms with Crippen LogP contribution >= 0.6 is 23.2 Å². The van der Waals surface area contributed by atoms with Crippen LogP contribution in [0, 0.1) is 0 Å². The fourth-order valence-corrected chi connectivity index (χ4v) is 3.73. The molecule has 0 radical (unpaired) electrons. The molecule has 7 heteroatoms. The second-order valence-electron chi connectivity index (χ2n) is 6.95.